The summed E-state index contributed by atoms with van der Waals surface area (Å²) in [6, 6.07) is 18.1. The van der Waals surface area contributed by atoms with Crippen LogP contribution in [0.5, 0.6) is 5.75 Å². The van der Waals surface area contributed by atoms with Gasteiger partial charge in [0.1, 0.15) is 0 Å². The third-order valence-electron chi connectivity index (χ3n) is 10.5. The van der Waals surface area contributed by atoms with Gasteiger partial charge in [0.25, 0.3) is 5.91 Å². The van der Waals surface area contributed by atoms with Gasteiger partial charge in [0, 0.05) is 35.2 Å². The smallest absolute Gasteiger partial charge is 0.416 e. The number of rotatable bonds is 9. The summed E-state index contributed by atoms with van der Waals surface area (Å²) in [5.41, 5.74) is 1.12. The van der Waals surface area contributed by atoms with Crippen LogP contribution in [0.25, 0.3) is 22.2 Å². The summed E-state index contributed by atoms with van der Waals surface area (Å²) in [6.07, 6.45) is 2.20. The summed E-state index contributed by atoms with van der Waals surface area (Å²) < 4.78 is 63.6. The fourth-order valence-corrected chi connectivity index (χ4v) is 7.74. The molecule has 6 nitrogen and oxygen atoms in total. The minimum Gasteiger partial charge on any atom is -0.488 e. The average molecular weight is 689 g/mol. The maximum absolute atomic E-state index is 15.7. The highest BCUT2D eigenvalue weighted by atomic mass is 19.4. The van der Waals surface area contributed by atoms with Crippen LogP contribution in [-0.4, -0.2) is 59.0 Å². The highest BCUT2D eigenvalue weighted by Crippen LogP contribution is 2.46. The molecule has 3 fully saturated rings. The lowest BCUT2D eigenvalue weighted by atomic mass is 9.93. The highest BCUT2D eigenvalue weighted by molar-refractivity contribution is 6.09. The van der Waals surface area contributed by atoms with Crippen molar-refractivity contribution in [2.24, 2.45) is 0 Å². The number of nitrogens with zero attached hydrogens (tertiary/aromatic N) is 3. The van der Waals surface area contributed by atoms with Crippen molar-refractivity contribution < 1.29 is 27.1 Å². The zero-order valence-electron chi connectivity index (χ0n) is 28.7. The molecule has 264 valence electrons. The quantitative estimate of drug-likeness (QED) is 0.178. The SMILES string of the molecule is CC(C)Oc1cc2nc(-c3cccc(C(F)(F)F)c3)c(CN3CCC(N4CCCCC4)CC3)c(C(=O)NC3(c4ccccc4)CC3)c2cc1F. The van der Waals surface area contributed by atoms with Crippen molar-refractivity contribution in [1.82, 2.24) is 20.1 Å². The van der Waals surface area contributed by atoms with Crippen LogP contribution in [0.3, 0.4) is 0 Å². The van der Waals surface area contributed by atoms with Crippen molar-refractivity contribution in [3.8, 4) is 17.0 Å². The molecule has 3 aliphatic rings. The Morgan fingerprint density at radius 3 is 2.34 bits per heavy atom. The fourth-order valence-electron chi connectivity index (χ4n) is 7.74. The second-order valence-electron chi connectivity index (χ2n) is 14.4. The van der Waals surface area contributed by atoms with E-state index < -0.39 is 29.0 Å². The van der Waals surface area contributed by atoms with Gasteiger partial charge in [-0.15, -0.1) is 0 Å². The molecule has 10 heteroatoms. The van der Waals surface area contributed by atoms with E-state index in [1.54, 1.807) is 19.9 Å². The Labute approximate surface area is 290 Å². The van der Waals surface area contributed by atoms with E-state index in [9.17, 15) is 18.0 Å². The predicted octanol–water partition coefficient (Wildman–Crippen LogP) is 8.72. The second kappa shape index (κ2) is 13.9. The second-order valence-corrected chi connectivity index (χ2v) is 14.4. The number of carbonyl (C=O) groups is 1. The van der Waals surface area contributed by atoms with Gasteiger partial charge in [-0.1, -0.05) is 48.9 Å². The van der Waals surface area contributed by atoms with Crippen LogP contribution in [0.1, 0.15) is 85.8 Å². The molecule has 1 saturated carbocycles. The first-order chi connectivity index (χ1) is 24.0. The van der Waals surface area contributed by atoms with Crippen LogP contribution in [0, 0.1) is 5.82 Å². The van der Waals surface area contributed by atoms with Crippen molar-refractivity contribution >= 4 is 16.8 Å². The van der Waals surface area contributed by atoms with E-state index in [4.69, 9.17) is 9.72 Å². The Kier molecular flexibility index (Phi) is 9.60. The summed E-state index contributed by atoms with van der Waals surface area (Å²) in [6.45, 7) is 7.60. The average Bonchev–Trinajstić information content (AvgIpc) is 3.89. The summed E-state index contributed by atoms with van der Waals surface area (Å²) in [7, 11) is 0. The van der Waals surface area contributed by atoms with Crippen molar-refractivity contribution in [1.29, 1.82) is 0 Å². The number of piperidine rings is 2. The molecule has 0 atom stereocenters. The van der Waals surface area contributed by atoms with E-state index in [0.717, 1.165) is 69.6 Å². The molecule has 0 bridgehead atoms. The van der Waals surface area contributed by atoms with Crippen molar-refractivity contribution in [2.45, 2.75) is 89.2 Å². The first-order valence-electron chi connectivity index (χ1n) is 17.9. The van der Waals surface area contributed by atoms with Gasteiger partial charge in [0.2, 0.25) is 0 Å². The lowest BCUT2D eigenvalue weighted by Crippen LogP contribution is -2.46. The molecular weight excluding hydrogens is 644 g/mol. The van der Waals surface area contributed by atoms with Gasteiger partial charge in [0.05, 0.1) is 34.0 Å². The van der Waals surface area contributed by atoms with Gasteiger partial charge in [-0.3, -0.25) is 9.69 Å². The largest absolute Gasteiger partial charge is 0.488 e. The maximum Gasteiger partial charge on any atom is 0.416 e. The first kappa shape index (κ1) is 34.4. The minimum atomic E-state index is -4.57. The minimum absolute atomic E-state index is 0.0307. The van der Waals surface area contributed by atoms with E-state index in [1.807, 2.05) is 30.3 Å². The zero-order chi connectivity index (χ0) is 35.0. The normalized spacial score (nSPS) is 18.8. The van der Waals surface area contributed by atoms with Crippen LogP contribution in [0.15, 0.2) is 66.7 Å². The molecule has 0 spiro atoms. The number of amides is 1. The molecule has 1 amide bonds. The number of nitrogens with one attached hydrogen (secondary N) is 1. The lowest BCUT2D eigenvalue weighted by Gasteiger charge is -2.40. The standard InChI is InChI=1S/C40H44F4N4O2/c1-26(2)50-35-24-34-31(23-33(35)41)36(38(49)46-39(16-17-39)28-11-5-3-6-12-28)32(37(45-34)27-10-9-13-29(22-27)40(42,43)44)25-47-20-14-30(15-21-47)48-18-7-4-8-19-48/h3,5-6,9-13,22-24,26,30H,4,7-8,14-21,25H2,1-2H3,(H,46,49). The molecule has 2 saturated heterocycles. The summed E-state index contributed by atoms with van der Waals surface area (Å²) in [4.78, 5) is 24.5. The van der Waals surface area contributed by atoms with Gasteiger partial charge >= 0.3 is 6.18 Å². The Hall–Kier alpha value is -4.02. The maximum atomic E-state index is 15.7. The Morgan fingerprint density at radius 2 is 1.68 bits per heavy atom. The van der Waals surface area contributed by atoms with Gasteiger partial charge in [-0.25, -0.2) is 9.37 Å². The lowest BCUT2D eigenvalue weighted by molar-refractivity contribution is -0.137. The number of alkyl halides is 3. The summed E-state index contributed by atoms with van der Waals surface area (Å²) in [5, 5.41) is 3.57. The number of likely N-dealkylation sites (tertiary alicyclic amines) is 2. The van der Waals surface area contributed by atoms with Crippen LogP contribution in [0.4, 0.5) is 17.6 Å². The number of ether oxygens (including phenoxy) is 1. The molecule has 2 aliphatic heterocycles. The molecule has 0 radical (unpaired) electrons. The first-order valence-corrected chi connectivity index (χ1v) is 17.9. The number of fused-ring (bicyclic) bond motifs is 1. The van der Waals surface area contributed by atoms with Crippen molar-refractivity contribution in [3.63, 3.8) is 0 Å². The van der Waals surface area contributed by atoms with Gasteiger partial charge < -0.3 is 15.0 Å². The van der Waals surface area contributed by atoms with Gasteiger partial charge in [-0.2, -0.15) is 13.2 Å². The number of benzene rings is 3. The number of hydrogen-bond donors (Lipinski definition) is 1. The molecule has 1 N–H and O–H groups in total. The molecule has 4 aromatic rings. The van der Waals surface area contributed by atoms with Crippen molar-refractivity contribution in [3.05, 3.63) is 94.8 Å². The third kappa shape index (κ3) is 7.23. The number of pyridine rings is 1. The van der Waals surface area contributed by atoms with E-state index in [0.29, 0.717) is 17.0 Å². The molecule has 7 rings (SSSR count). The van der Waals surface area contributed by atoms with Crippen LogP contribution >= 0.6 is 0 Å². The van der Waals surface area contributed by atoms with Gasteiger partial charge in [0.15, 0.2) is 11.6 Å². The molecule has 3 heterocycles. The zero-order valence-corrected chi connectivity index (χ0v) is 28.7. The summed E-state index contributed by atoms with van der Waals surface area (Å²) >= 11 is 0. The highest BCUT2D eigenvalue weighted by Gasteiger charge is 2.46. The molecule has 3 aromatic carbocycles. The van der Waals surface area contributed by atoms with Crippen LogP contribution < -0.4 is 10.1 Å². The fraction of sp³-hybridized carbons (Fsp3) is 0.450. The van der Waals surface area contributed by atoms with Gasteiger partial charge in [-0.05, 0) is 102 Å². The summed E-state index contributed by atoms with van der Waals surface area (Å²) in [5.74, 6) is -1.06. The Morgan fingerprint density at radius 1 is 0.960 bits per heavy atom. The van der Waals surface area contributed by atoms with E-state index in [-0.39, 0.29) is 40.7 Å². The number of aromatic nitrogens is 1. The van der Waals surface area contributed by atoms with Crippen LogP contribution in [-0.2, 0) is 18.3 Å². The van der Waals surface area contributed by atoms with Crippen LogP contribution in [0.2, 0.25) is 0 Å². The predicted molar refractivity (Wildman–Crippen MR) is 186 cm³/mol. The Balaban J connectivity index is 1.36. The molecular formula is C40H44F4N4O2. The topological polar surface area (TPSA) is 57.7 Å². The molecule has 1 aromatic heterocycles. The molecule has 1 aliphatic carbocycles. The number of carbonyl (C=O) groups excluding carboxylic acids is 1. The van der Waals surface area contributed by atoms with E-state index in [2.05, 4.69) is 15.1 Å². The Bertz CT molecular complexity index is 1840. The monoisotopic (exact) mass is 688 g/mol. The number of hydrogen-bond acceptors (Lipinski definition) is 5. The number of halogens is 4. The van der Waals surface area contributed by atoms with Crippen molar-refractivity contribution in [2.75, 3.05) is 26.2 Å². The molecule has 50 heavy (non-hydrogen) atoms. The molecule has 0 unspecified atom stereocenters. The van der Waals surface area contributed by atoms with E-state index >= 15 is 4.39 Å². The third-order valence-corrected chi connectivity index (χ3v) is 10.5. The van der Waals surface area contributed by atoms with E-state index in [1.165, 1.54) is 37.5 Å².